The van der Waals surface area contributed by atoms with Gasteiger partial charge in [0.05, 0.1) is 38.5 Å². The average Bonchev–Trinajstić information content (AvgIpc) is 0.947. The number of piperazine rings is 2. The van der Waals surface area contributed by atoms with Crippen molar-refractivity contribution in [2.24, 2.45) is 0 Å². The minimum atomic E-state index is -0.184. The summed E-state index contributed by atoms with van der Waals surface area (Å²) in [5, 5.41) is 0. The second kappa shape index (κ2) is 57.7. The van der Waals surface area contributed by atoms with Crippen LogP contribution in [0.2, 0.25) is 0 Å². The minimum absolute atomic E-state index is 0.133. The highest BCUT2D eigenvalue weighted by atomic mass is 32.2. The van der Waals surface area contributed by atoms with Crippen molar-refractivity contribution in [1.29, 1.82) is 0 Å². The lowest BCUT2D eigenvalue weighted by Crippen LogP contribution is -2.50. The van der Waals surface area contributed by atoms with Gasteiger partial charge in [0, 0.05) is 168 Å². The summed E-state index contributed by atoms with van der Waals surface area (Å²) in [6.07, 6.45) is 7.48. The van der Waals surface area contributed by atoms with Crippen molar-refractivity contribution in [3.63, 3.8) is 0 Å². The van der Waals surface area contributed by atoms with Gasteiger partial charge in [-0.05, 0) is 287 Å². The molecule has 8 unspecified atom stereocenters. The van der Waals surface area contributed by atoms with Gasteiger partial charge in [-0.15, -0.1) is 0 Å². The van der Waals surface area contributed by atoms with E-state index in [9.17, 15) is 17.6 Å². The molecule has 722 valence electrons. The van der Waals surface area contributed by atoms with Gasteiger partial charge in [-0.2, -0.15) is 23.5 Å². The van der Waals surface area contributed by atoms with E-state index in [0.717, 1.165) is 77.0 Å². The largest absolute Gasteiger partial charge is 0.378 e. The van der Waals surface area contributed by atoms with Gasteiger partial charge in [0.1, 0.15) is 23.3 Å². The first-order valence-corrected chi connectivity index (χ1v) is 52.4. The Labute approximate surface area is 800 Å². The standard InChI is InChI=1S/C16H26N2.2C15H22FN.C15H24N2.C13H18FNO.C13H18FNS.C13H19NO.C13H19NS/c1-5-17-10-11-18(13(2)3)16(12-17)15-8-6-14(4)7-9-15;1-12(2)17-10-3-4-13(9-11-17)14-5-7-15(16)8-6-14;1-12(2)17-10-4-3-5-14(11-17)13-6-8-15(16)9-7-13;1-4-16-10-11-17(13(2)3)15(12-16)14-8-6-5-7-9-14;2*1-10(2)15-7-8-16-9-13(15)11-3-5-12(14)6-4-11;2*1-11(2)14-8-9-15-10-13(14)12-6-4-3-5-7-12/h6-9,13,16H,5,10-12H2,1-4H3;5-8,12-13H,3-4,9-11H2,1-2H3;6-9,12,14H,3-5,10-11H2,1-2H3;5-9,13,15H,4,10-12H2,1-3H3;2*3-6,10,13H,7-9H2,1-2H3;2*3-7,11,13H,8-10H2,1-2H3. The van der Waals surface area contributed by atoms with Crippen LogP contribution in [-0.2, 0) is 9.47 Å². The quantitative estimate of drug-likeness (QED) is 0.0767. The first-order chi connectivity index (χ1) is 63.1. The molecule has 0 N–H and O–H groups in total. The molecule has 0 aliphatic carbocycles. The maximum atomic E-state index is 12.9. The molecule has 0 radical (unpaired) electrons. The summed E-state index contributed by atoms with van der Waals surface area (Å²) in [5.74, 6) is 5.41. The van der Waals surface area contributed by atoms with Gasteiger partial charge >= 0.3 is 0 Å². The highest BCUT2D eigenvalue weighted by Crippen LogP contribution is 2.37. The number of morpholine rings is 2. The van der Waals surface area contributed by atoms with E-state index in [1.54, 1.807) is 36.4 Å². The van der Waals surface area contributed by atoms with Gasteiger partial charge in [0.15, 0.2) is 0 Å². The van der Waals surface area contributed by atoms with Gasteiger partial charge in [0.2, 0.25) is 0 Å². The van der Waals surface area contributed by atoms with Crippen LogP contribution in [0, 0.1) is 30.2 Å². The van der Waals surface area contributed by atoms with Gasteiger partial charge < -0.3 is 29.1 Å². The Hall–Kier alpha value is -6.30. The van der Waals surface area contributed by atoms with Crippen molar-refractivity contribution in [3.05, 3.63) is 286 Å². The molecule has 0 spiro atoms. The van der Waals surface area contributed by atoms with E-state index in [2.05, 4.69) is 308 Å². The zero-order chi connectivity index (χ0) is 94.3. The third-order valence-corrected chi connectivity index (χ3v) is 29.7. The Bertz CT molecular complexity index is 4200. The highest BCUT2D eigenvalue weighted by molar-refractivity contribution is 7.99. The van der Waals surface area contributed by atoms with E-state index in [1.807, 2.05) is 60.3 Å². The average molecular weight is 1840 g/mol. The summed E-state index contributed by atoms with van der Waals surface area (Å²) < 4.78 is 62.7. The van der Waals surface area contributed by atoms with Crippen LogP contribution in [0.5, 0.6) is 0 Å². The molecule has 8 atom stereocenters. The van der Waals surface area contributed by atoms with Gasteiger partial charge in [-0.25, -0.2) is 17.6 Å². The maximum Gasteiger partial charge on any atom is 0.123 e. The molecule has 8 heterocycles. The van der Waals surface area contributed by atoms with E-state index in [4.69, 9.17) is 9.47 Å². The predicted molar refractivity (Wildman–Crippen MR) is 551 cm³/mol. The van der Waals surface area contributed by atoms with Gasteiger partial charge in [-0.1, -0.05) is 190 Å². The first-order valence-electron chi connectivity index (χ1n) is 50.1. The number of thioether (sulfide) groups is 2. The summed E-state index contributed by atoms with van der Waals surface area (Å²) in [5.41, 5.74) is 12.1. The molecule has 16 rings (SSSR count). The predicted octanol–water partition coefficient (Wildman–Crippen LogP) is 25.0. The van der Waals surface area contributed by atoms with Gasteiger partial charge in [-0.3, -0.25) is 29.4 Å². The second-order valence-electron chi connectivity index (χ2n) is 39.1. The summed E-state index contributed by atoms with van der Waals surface area (Å²) in [6.45, 7) is 64.5. The number of halogens is 4. The fourth-order valence-corrected chi connectivity index (χ4v) is 22.0. The normalized spacial score (nSPS) is 22.9. The van der Waals surface area contributed by atoms with Crippen LogP contribution in [0.1, 0.15) is 261 Å². The Balaban J connectivity index is 0.000000169. The van der Waals surface area contributed by atoms with Crippen LogP contribution in [0.3, 0.4) is 0 Å². The van der Waals surface area contributed by atoms with Crippen LogP contribution in [0.15, 0.2) is 212 Å². The summed E-state index contributed by atoms with van der Waals surface area (Å²) in [4.78, 5) is 25.5. The number of rotatable bonds is 18. The lowest BCUT2D eigenvalue weighted by molar-refractivity contribution is -0.0233. The first kappa shape index (κ1) is 108. The molecule has 131 heavy (non-hydrogen) atoms. The van der Waals surface area contributed by atoms with Crippen LogP contribution >= 0.6 is 23.5 Å². The molecule has 0 bridgehead atoms. The molecule has 0 saturated carbocycles. The summed E-state index contributed by atoms with van der Waals surface area (Å²) in [6, 6.07) is 77.0. The Kier molecular flexibility index (Phi) is 47.7. The fraction of sp³-hybridized carbons (Fsp3) is 0.575. The zero-order valence-electron chi connectivity index (χ0n) is 83.8. The number of nitrogens with zero attached hydrogens (tertiary/aromatic N) is 10. The minimum Gasteiger partial charge on any atom is -0.378 e. The highest BCUT2D eigenvalue weighted by Gasteiger charge is 2.34. The van der Waals surface area contributed by atoms with Crippen LogP contribution < -0.4 is 0 Å². The number of likely N-dealkylation sites (N-methyl/N-ethyl adjacent to an activating group) is 2. The molecule has 8 aromatic rings. The van der Waals surface area contributed by atoms with Crippen molar-refractivity contribution in [2.45, 2.75) is 266 Å². The number of aryl methyl sites for hydroxylation is 1. The topological polar surface area (TPSA) is 50.9 Å². The van der Waals surface area contributed by atoms with E-state index in [1.165, 1.54) is 171 Å². The van der Waals surface area contributed by atoms with E-state index < -0.39 is 0 Å². The number of benzene rings is 8. The SMILES string of the molecule is CC(C)N1CCCC(c2ccc(F)cc2)CC1.CC(C)N1CCCCC(c2ccc(F)cc2)C1.CC(C)N1CCOCC1c1ccc(F)cc1.CC(C)N1CCOCC1c1ccccc1.CC(C)N1CCSCC1c1ccc(F)cc1.CC(C)N1CCSCC1c1ccccc1.CCN1CCN(C(C)C)C(c2ccc(C)cc2)C1.CCN1CCN(C(C)C)C(c2ccccc2)C1. The third-order valence-electron chi connectivity index (χ3n) is 27.7. The molecule has 0 aromatic heterocycles. The fourth-order valence-electron chi connectivity index (χ4n) is 19.7. The van der Waals surface area contributed by atoms with Crippen molar-refractivity contribution in [2.75, 3.05) is 154 Å². The van der Waals surface area contributed by atoms with Crippen molar-refractivity contribution in [3.8, 4) is 0 Å². The van der Waals surface area contributed by atoms with Crippen molar-refractivity contribution >= 4 is 23.5 Å². The molecular weight excluding hydrogens is 1670 g/mol. The molecule has 8 aliphatic rings. The Morgan fingerprint density at radius 2 is 0.595 bits per heavy atom. The van der Waals surface area contributed by atoms with E-state index >= 15 is 0 Å². The Morgan fingerprint density at radius 3 is 0.977 bits per heavy atom. The second-order valence-corrected chi connectivity index (χ2v) is 41.4. The van der Waals surface area contributed by atoms with E-state index in [0.29, 0.717) is 97.0 Å². The summed E-state index contributed by atoms with van der Waals surface area (Å²) in [7, 11) is 0. The van der Waals surface area contributed by atoms with Crippen molar-refractivity contribution in [1.82, 2.24) is 49.0 Å². The molecule has 8 fully saturated rings. The zero-order valence-corrected chi connectivity index (χ0v) is 85.4. The van der Waals surface area contributed by atoms with Crippen LogP contribution in [0.25, 0.3) is 0 Å². The number of hydrogen-bond donors (Lipinski definition) is 0. The van der Waals surface area contributed by atoms with Crippen LogP contribution in [-0.4, -0.2) is 251 Å². The van der Waals surface area contributed by atoms with Crippen LogP contribution in [0.4, 0.5) is 17.6 Å². The number of likely N-dealkylation sites (tertiary alicyclic amines) is 2. The molecule has 18 heteroatoms. The molecular formula is C113H168F4N10O2S2. The lowest BCUT2D eigenvalue weighted by atomic mass is 9.92. The maximum absolute atomic E-state index is 12.9. The molecule has 8 aliphatic heterocycles. The number of ether oxygens (including phenoxy) is 2. The van der Waals surface area contributed by atoms with Crippen molar-refractivity contribution < 1.29 is 27.0 Å². The molecule has 8 aromatic carbocycles. The smallest absolute Gasteiger partial charge is 0.123 e. The number of hydrogen-bond acceptors (Lipinski definition) is 14. The molecule has 0 amide bonds. The van der Waals surface area contributed by atoms with E-state index in [-0.39, 0.29) is 29.3 Å². The Morgan fingerprint density at radius 1 is 0.282 bits per heavy atom. The molecule has 12 nitrogen and oxygen atoms in total. The third kappa shape index (κ3) is 35.3. The van der Waals surface area contributed by atoms with Gasteiger partial charge in [0.25, 0.3) is 0 Å². The molecule has 8 saturated heterocycles. The summed E-state index contributed by atoms with van der Waals surface area (Å²) >= 11 is 4.07. The monoisotopic (exact) mass is 1840 g/mol. The lowest BCUT2D eigenvalue weighted by Gasteiger charge is -2.43.